The van der Waals surface area contributed by atoms with Crippen molar-refractivity contribution in [2.24, 2.45) is 0 Å². The second-order valence-corrected chi connectivity index (χ2v) is 10.4. The van der Waals surface area contributed by atoms with Gasteiger partial charge in [-0.25, -0.2) is 13.2 Å². The zero-order chi connectivity index (χ0) is 23.5. The first-order valence-electron chi connectivity index (χ1n) is 10.2. The van der Waals surface area contributed by atoms with E-state index in [9.17, 15) is 18.0 Å². The summed E-state index contributed by atoms with van der Waals surface area (Å²) in [6.45, 7) is 4.01. The molecule has 0 aliphatic carbocycles. The van der Waals surface area contributed by atoms with E-state index in [0.717, 1.165) is 19.3 Å². The molecule has 0 radical (unpaired) electrons. The number of esters is 1. The van der Waals surface area contributed by atoms with E-state index in [1.165, 1.54) is 35.5 Å². The lowest BCUT2D eigenvalue weighted by molar-refractivity contribution is -0.123. The molecule has 0 bridgehead atoms. The fourth-order valence-electron chi connectivity index (χ4n) is 3.34. The number of sulfonamides is 1. The predicted molar refractivity (Wildman–Crippen MR) is 124 cm³/mol. The van der Waals surface area contributed by atoms with Gasteiger partial charge in [0.05, 0.1) is 21.2 Å². The normalized spacial score (nSPS) is 15.8. The summed E-state index contributed by atoms with van der Waals surface area (Å²) in [5.74, 6) is -1.37. The zero-order valence-electron chi connectivity index (χ0n) is 17.7. The van der Waals surface area contributed by atoms with Crippen molar-refractivity contribution in [3.8, 4) is 0 Å². The number of hydrogen-bond acceptors (Lipinski definition) is 5. The Hall–Kier alpha value is -2.13. The van der Waals surface area contributed by atoms with Crippen molar-refractivity contribution in [3.05, 3.63) is 57.6 Å². The lowest BCUT2D eigenvalue weighted by Gasteiger charge is -2.26. The summed E-state index contributed by atoms with van der Waals surface area (Å²) >= 11 is 11.9. The van der Waals surface area contributed by atoms with Crippen LogP contribution in [-0.2, 0) is 19.6 Å². The van der Waals surface area contributed by atoms with Crippen molar-refractivity contribution in [2.45, 2.75) is 44.1 Å². The van der Waals surface area contributed by atoms with E-state index in [4.69, 9.17) is 27.9 Å². The van der Waals surface area contributed by atoms with Gasteiger partial charge in [-0.05, 0) is 62.6 Å². The Balaban J connectivity index is 1.74. The Kier molecular flexibility index (Phi) is 7.82. The molecule has 1 unspecified atom stereocenters. The molecule has 1 fully saturated rings. The number of anilines is 1. The number of benzene rings is 2. The third-order valence-electron chi connectivity index (χ3n) is 5.22. The summed E-state index contributed by atoms with van der Waals surface area (Å²) in [7, 11) is -3.71. The topological polar surface area (TPSA) is 92.8 Å². The largest absolute Gasteiger partial charge is 0.449 e. The number of piperidine rings is 1. The molecule has 1 atom stereocenters. The third kappa shape index (κ3) is 5.61. The first-order chi connectivity index (χ1) is 15.1. The van der Waals surface area contributed by atoms with Gasteiger partial charge in [0.15, 0.2) is 6.10 Å². The van der Waals surface area contributed by atoms with Crippen LogP contribution < -0.4 is 5.32 Å². The van der Waals surface area contributed by atoms with Gasteiger partial charge in [-0.3, -0.25) is 4.79 Å². The molecule has 10 heteroatoms. The van der Waals surface area contributed by atoms with Gasteiger partial charge < -0.3 is 10.1 Å². The highest BCUT2D eigenvalue weighted by molar-refractivity contribution is 7.89. The Bertz CT molecular complexity index is 1130. The van der Waals surface area contributed by atoms with Crippen molar-refractivity contribution >= 4 is 50.8 Å². The van der Waals surface area contributed by atoms with Crippen LogP contribution in [0.5, 0.6) is 0 Å². The van der Waals surface area contributed by atoms with Crippen molar-refractivity contribution in [1.29, 1.82) is 0 Å². The summed E-state index contributed by atoms with van der Waals surface area (Å²) in [6.07, 6.45) is 1.48. The van der Waals surface area contributed by atoms with Gasteiger partial charge in [0, 0.05) is 18.1 Å². The Morgan fingerprint density at radius 2 is 1.75 bits per heavy atom. The maximum Gasteiger partial charge on any atom is 0.339 e. The highest BCUT2D eigenvalue weighted by atomic mass is 35.5. The van der Waals surface area contributed by atoms with E-state index in [0.29, 0.717) is 29.4 Å². The van der Waals surface area contributed by atoms with Gasteiger partial charge in [-0.15, -0.1) is 0 Å². The molecule has 2 aromatic carbocycles. The summed E-state index contributed by atoms with van der Waals surface area (Å²) in [5, 5.41) is 3.24. The number of amides is 1. The molecule has 1 aliphatic heterocycles. The third-order valence-corrected chi connectivity index (χ3v) is 7.67. The van der Waals surface area contributed by atoms with Gasteiger partial charge in [0.25, 0.3) is 5.91 Å². The molecule has 0 aromatic heterocycles. The number of carbonyl (C=O) groups is 2. The maximum atomic E-state index is 13.0. The minimum atomic E-state index is -3.71. The minimum absolute atomic E-state index is 0.0296. The number of hydrogen-bond donors (Lipinski definition) is 1. The second kappa shape index (κ2) is 10.2. The van der Waals surface area contributed by atoms with E-state index in [2.05, 4.69) is 5.32 Å². The number of ether oxygens (including phenoxy) is 1. The molecule has 172 valence electrons. The van der Waals surface area contributed by atoms with Crippen molar-refractivity contribution in [2.75, 3.05) is 18.4 Å². The lowest BCUT2D eigenvalue weighted by Crippen LogP contribution is -2.35. The monoisotopic (exact) mass is 498 g/mol. The highest BCUT2D eigenvalue weighted by Crippen LogP contribution is 2.26. The van der Waals surface area contributed by atoms with Crippen LogP contribution in [0.1, 0.15) is 42.1 Å². The predicted octanol–water partition coefficient (Wildman–Crippen LogP) is 4.66. The molecule has 1 N–H and O–H groups in total. The van der Waals surface area contributed by atoms with Crippen LogP contribution in [0.25, 0.3) is 0 Å². The van der Waals surface area contributed by atoms with Crippen LogP contribution in [0.3, 0.4) is 0 Å². The number of nitrogens with zero attached hydrogens (tertiary/aromatic N) is 1. The first kappa shape index (κ1) is 24.5. The van der Waals surface area contributed by atoms with Crippen molar-refractivity contribution in [1.82, 2.24) is 4.31 Å². The van der Waals surface area contributed by atoms with Crippen molar-refractivity contribution < 1.29 is 22.7 Å². The number of aryl methyl sites for hydroxylation is 1. The Morgan fingerprint density at radius 1 is 1.06 bits per heavy atom. The van der Waals surface area contributed by atoms with Crippen LogP contribution in [0.4, 0.5) is 5.69 Å². The van der Waals surface area contributed by atoms with E-state index >= 15 is 0 Å². The molecule has 7 nitrogen and oxygen atoms in total. The Morgan fingerprint density at radius 3 is 2.41 bits per heavy atom. The van der Waals surface area contributed by atoms with Gasteiger partial charge in [0.2, 0.25) is 10.0 Å². The number of rotatable bonds is 6. The van der Waals surface area contributed by atoms with Crippen molar-refractivity contribution in [3.63, 3.8) is 0 Å². The highest BCUT2D eigenvalue weighted by Gasteiger charge is 2.28. The molecular formula is C22H24Cl2N2O5S. The van der Waals surface area contributed by atoms with E-state index in [1.807, 2.05) is 0 Å². The number of carbonyl (C=O) groups excluding carboxylic acids is 2. The molecule has 2 aromatic rings. The number of nitrogens with one attached hydrogen (secondary N) is 1. The molecule has 0 spiro atoms. The number of halogens is 2. The molecule has 0 saturated carbocycles. The van der Waals surface area contributed by atoms with Crippen LogP contribution in [0.15, 0.2) is 41.3 Å². The molecular weight excluding hydrogens is 475 g/mol. The molecule has 3 rings (SSSR count). The van der Waals surface area contributed by atoms with Gasteiger partial charge in [0.1, 0.15) is 0 Å². The van der Waals surface area contributed by atoms with E-state index in [-0.39, 0.29) is 15.5 Å². The minimum Gasteiger partial charge on any atom is -0.449 e. The first-order valence-corrected chi connectivity index (χ1v) is 12.4. The molecule has 32 heavy (non-hydrogen) atoms. The summed E-state index contributed by atoms with van der Waals surface area (Å²) in [4.78, 5) is 25.2. The second-order valence-electron chi connectivity index (χ2n) is 7.60. The molecule has 1 heterocycles. The van der Waals surface area contributed by atoms with Gasteiger partial charge >= 0.3 is 5.97 Å². The van der Waals surface area contributed by atoms with Crippen LogP contribution >= 0.6 is 23.2 Å². The van der Waals surface area contributed by atoms with Gasteiger partial charge in [-0.2, -0.15) is 4.31 Å². The van der Waals surface area contributed by atoms with Crippen LogP contribution in [-0.4, -0.2) is 43.8 Å². The standard InChI is InChI=1S/C22H24Cl2N2O5S/c1-14-6-8-17(32(29,30)26-10-4-3-5-11-26)13-18(14)22(28)31-15(2)21(27)25-20-9-7-16(23)12-19(20)24/h6-9,12-13,15H,3-5,10-11H2,1-2H3,(H,25,27). The summed E-state index contributed by atoms with van der Waals surface area (Å²) in [5.41, 5.74) is 0.961. The fourth-order valence-corrected chi connectivity index (χ4v) is 5.34. The van der Waals surface area contributed by atoms with Crippen LogP contribution in [0.2, 0.25) is 10.0 Å². The zero-order valence-corrected chi connectivity index (χ0v) is 20.1. The SMILES string of the molecule is Cc1ccc(S(=O)(=O)N2CCCCC2)cc1C(=O)OC(C)C(=O)Nc1ccc(Cl)cc1Cl. The Labute approximate surface area is 197 Å². The summed E-state index contributed by atoms with van der Waals surface area (Å²) < 4.78 is 32.6. The van der Waals surface area contributed by atoms with Crippen LogP contribution in [0, 0.1) is 6.92 Å². The quantitative estimate of drug-likeness (QED) is 0.584. The molecule has 1 aliphatic rings. The average molecular weight is 499 g/mol. The smallest absolute Gasteiger partial charge is 0.339 e. The fraction of sp³-hybridized carbons (Fsp3) is 0.364. The van der Waals surface area contributed by atoms with E-state index < -0.39 is 28.0 Å². The van der Waals surface area contributed by atoms with E-state index in [1.54, 1.807) is 19.1 Å². The lowest BCUT2D eigenvalue weighted by atomic mass is 10.1. The summed E-state index contributed by atoms with van der Waals surface area (Å²) in [6, 6.07) is 8.93. The van der Waals surface area contributed by atoms with Gasteiger partial charge in [-0.1, -0.05) is 35.7 Å². The molecule has 1 saturated heterocycles. The molecule has 1 amide bonds. The average Bonchev–Trinajstić information content (AvgIpc) is 2.76. The maximum absolute atomic E-state index is 13.0.